The van der Waals surface area contributed by atoms with Crippen LogP contribution in [0, 0.1) is 11.6 Å². The van der Waals surface area contributed by atoms with Crippen molar-refractivity contribution in [3.05, 3.63) is 59.7 Å². The molecule has 1 aromatic heterocycles. The maximum atomic E-state index is 13.6. The van der Waals surface area contributed by atoms with Gasteiger partial charge >= 0.3 is 0 Å². The molecule has 0 atom stereocenters. The van der Waals surface area contributed by atoms with Crippen LogP contribution in [0.4, 0.5) is 20.4 Å². The SMILES string of the molecule is COc1ccccc1/C=N/Nc1nnc(SCC(=O)Nc2ccc(F)cc2F)n1N. The zero-order valence-electron chi connectivity index (χ0n) is 15.7. The second-order valence-electron chi connectivity index (χ2n) is 5.75. The molecule has 30 heavy (non-hydrogen) atoms. The first-order valence-corrected chi connectivity index (χ1v) is 9.46. The van der Waals surface area contributed by atoms with Gasteiger partial charge in [0.1, 0.15) is 17.4 Å². The highest BCUT2D eigenvalue weighted by molar-refractivity contribution is 7.99. The van der Waals surface area contributed by atoms with Gasteiger partial charge < -0.3 is 15.9 Å². The lowest BCUT2D eigenvalue weighted by atomic mass is 10.2. The van der Waals surface area contributed by atoms with Gasteiger partial charge in [-0.1, -0.05) is 23.9 Å². The van der Waals surface area contributed by atoms with E-state index in [1.807, 2.05) is 18.2 Å². The molecule has 9 nitrogen and oxygen atoms in total. The number of nitrogens with zero attached hydrogens (tertiary/aromatic N) is 4. The molecular weight excluding hydrogens is 416 g/mol. The van der Waals surface area contributed by atoms with Crippen molar-refractivity contribution in [2.24, 2.45) is 5.10 Å². The number of carbonyl (C=O) groups excluding carboxylic acids is 1. The zero-order chi connectivity index (χ0) is 21.5. The number of anilines is 2. The molecule has 0 aliphatic heterocycles. The van der Waals surface area contributed by atoms with Crippen LogP contribution in [0.2, 0.25) is 0 Å². The highest BCUT2D eigenvalue weighted by atomic mass is 32.2. The number of aromatic nitrogens is 3. The third kappa shape index (κ3) is 5.23. The van der Waals surface area contributed by atoms with E-state index in [0.717, 1.165) is 34.1 Å². The molecule has 2 aromatic carbocycles. The summed E-state index contributed by atoms with van der Waals surface area (Å²) >= 11 is 0.984. The van der Waals surface area contributed by atoms with Crippen molar-refractivity contribution in [1.29, 1.82) is 0 Å². The van der Waals surface area contributed by atoms with Gasteiger partial charge in [0, 0.05) is 11.6 Å². The molecule has 1 amide bonds. The van der Waals surface area contributed by atoms with Gasteiger partial charge in [0.25, 0.3) is 5.95 Å². The summed E-state index contributed by atoms with van der Waals surface area (Å²) in [5, 5.41) is 14.3. The topological polar surface area (TPSA) is 119 Å². The Morgan fingerprint density at radius 1 is 1.30 bits per heavy atom. The summed E-state index contributed by atoms with van der Waals surface area (Å²) in [5.74, 6) is 4.46. The minimum absolute atomic E-state index is 0.114. The van der Waals surface area contributed by atoms with Crippen LogP contribution in [0.1, 0.15) is 5.56 Å². The van der Waals surface area contributed by atoms with Crippen molar-refractivity contribution in [2.75, 3.05) is 29.4 Å². The van der Waals surface area contributed by atoms with E-state index < -0.39 is 17.5 Å². The maximum Gasteiger partial charge on any atom is 0.264 e. The molecule has 156 valence electrons. The lowest BCUT2D eigenvalue weighted by Crippen LogP contribution is -2.17. The lowest BCUT2D eigenvalue weighted by Gasteiger charge is -2.06. The van der Waals surface area contributed by atoms with E-state index in [4.69, 9.17) is 10.6 Å². The fourth-order valence-corrected chi connectivity index (χ4v) is 2.95. The van der Waals surface area contributed by atoms with E-state index in [9.17, 15) is 13.6 Å². The summed E-state index contributed by atoms with van der Waals surface area (Å²) in [7, 11) is 1.56. The number of ether oxygens (including phenoxy) is 1. The number of hydrogen-bond acceptors (Lipinski definition) is 8. The van der Waals surface area contributed by atoms with E-state index >= 15 is 0 Å². The Kier molecular flexibility index (Phi) is 6.80. The third-order valence-electron chi connectivity index (χ3n) is 3.71. The second-order valence-corrected chi connectivity index (χ2v) is 6.69. The van der Waals surface area contributed by atoms with Gasteiger partial charge in [-0.3, -0.25) is 4.79 Å². The van der Waals surface area contributed by atoms with Crippen molar-refractivity contribution in [2.45, 2.75) is 5.16 Å². The number of nitrogens with two attached hydrogens (primary N) is 1. The lowest BCUT2D eigenvalue weighted by molar-refractivity contribution is -0.113. The van der Waals surface area contributed by atoms with Gasteiger partial charge in [-0.15, -0.1) is 10.2 Å². The Morgan fingerprint density at radius 3 is 2.87 bits per heavy atom. The van der Waals surface area contributed by atoms with Crippen LogP contribution in [-0.2, 0) is 4.79 Å². The number of benzene rings is 2. The number of carbonyl (C=O) groups is 1. The van der Waals surface area contributed by atoms with Crippen LogP contribution in [-0.4, -0.2) is 39.9 Å². The van der Waals surface area contributed by atoms with Gasteiger partial charge in [0.2, 0.25) is 11.1 Å². The summed E-state index contributed by atoms with van der Waals surface area (Å²) in [6, 6.07) is 10.2. The van der Waals surface area contributed by atoms with Gasteiger partial charge in [-0.2, -0.15) is 5.10 Å². The molecule has 0 spiro atoms. The number of methoxy groups -OCH3 is 1. The highest BCUT2D eigenvalue weighted by Crippen LogP contribution is 2.19. The van der Waals surface area contributed by atoms with E-state index in [2.05, 4.69) is 26.0 Å². The first-order chi connectivity index (χ1) is 14.5. The standard InChI is InChI=1S/C18H17F2N7O2S/c1-29-15-5-3-2-4-11(15)9-22-24-17-25-26-18(27(17)21)30-10-16(28)23-14-7-6-12(19)8-13(14)20/h2-9H,10,21H2,1H3,(H,23,28)(H,24,25)/b22-9+. The summed E-state index contributed by atoms with van der Waals surface area (Å²) in [6.45, 7) is 0. The highest BCUT2D eigenvalue weighted by Gasteiger charge is 2.13. The van der Waals surface area contributed by atoms with Gasteiger partial charge in [-0.25, -0.2) is 18.9 Å². The number of rotatable bonds is 8. The number of nitrogens with one attached hydrogen (secondary N) is 2. The van der Waals surface area contributed by atoms with Crippen molar-refractivity contribution in [3.8, 4) is 5.75 Å². The van der Waals surface area contributed by atoms with Crippen LogP contribution in [0.25, 0.3) is 0 Å². The number of hydrogen-bond donors (Lipinski definition) is 3. The van der Waals surface area contributed by atoms with Crippen LogP contribution in [0.3, 0.4) is 0 Å². The molecule has 0 aliphatic carbocycles. The quantitative estimate of drug-likeness (QED) is 0.216. The van der Waals surface area contributed by atoms with Crippen LogP contribution < -0.4 is 21.3 Å². The molecule has 0 fully saturated rings. The van der Waals surface area contributed by atoms with E-state index in [1.54, 1.807) is 13.2 Å². The van der Waals surface area contributed by atoms with Crippen molar-refractivity contribution in [1.82, 2.24) is 14.9 Å². The number of halogens is 2. The number of thioether (sulfide) groups is 1. The first kappa shape index (κ1) is 21.0. The number of hydrazone groups is 1. The normalized spacial score (nSPS) is 10.9. The Balaban J connectivity index is 1.56. The molecular formula is C18H17F2N7O2S. The first-order valence-electron chi connectivity index (χ1n) is 8.48. The number of nitrogen functional groups attached to an aromatic ring is 1. The average molecular weight is 433 g/mol. The van der Waals surface area contributed by atoms with Crippen LogP contribution in [0.5, 0.6) is 5.75 Å². The molecule has 0 saturated heterocycles. The predicted molar refractivity (Wildman–Crippen MR) is 110 cm³/mol. The number of amides is 1. The Morgan fingerprint density at radius 2 is 2.10 bits per heavy atom. The molecule has 12 heteroatoms. The fraction of sp³-hybridized carbons (Fsp3) is 0.111. The molecule has 4 N–H and O–H groups in total. The largest absolute Gasteiger partial charge is 0.496 e. The molecule has 0 bridgehead atoms. The van der Waals surface area contributed by atoms with Gasteiger partial charge in [-0.05, 0) is 24.3 Å². The molecule has 3 aromatic rings. The Bertz CT molecular complexity index is 1070. The van der Waals surface area contributed by atoms with Crippen LogP contribution in [0.15, 0.2) is 52.7 Å². The minimum atomic E-state index is -0.866. The Labute approximate surface area is 174 Å². The Hall–Kier alpha value is -3.67. The van der Waals surface area contributed by atoms with E-state index in [0.29, 0.717) is 11.8 Å². The monoisotopic (exact) mass is 433 g/mol. The summed E-state index contributed by atoms with van der Waals surface area (Å²) < 4.78 is 32.9. The molecule has 0 saturated carbocycles. The maximum absolute atomic E-state index is 13.6. The third-order valence-corrected chi connectivity index (χ3v) is 4.65. The van der Waals surface area contributed by atoms with Crippen molar-refractivity contribution >= 4 is 35.5 Å². The fourth-order valence-electron chi connectivity index (χ4n) is 2.29. The molecule has 0 radical (unpaired) electrons. The predicted octanol–water partition coefficient (Wildman–Crippen LogP) is 2.46. The van der Waals surface area contributed by atoms with Gasteiger partial charge in [0.05, 0.1) is 24.8 Å². The second kappa shape index (κ2) is 9.69. The van der Waals surface area contributed by atoms with E-state index in [-0.39, 0.29) is 22.5 Å². The van der Waals surface area contributed by atoms with Gasteiger partial charge in [0.15, 0.2) is 0 Å². The zero-order valence-corrected chi connectivity index (χ0v) is 16.5. The summed E-state index contributed by atoms with van der Waals surface area (Å²) in [6.07, 6.45) is 1.53. The summed E-state index contributed by atoms with van der Waals surface area (Å²) in [4.78, 5) is 12.0. The molecule has 1 heterocycles. The minimum Gasteiger partial charge on any atom is -0.496 e. The van der Waals surface area contributed by atoms with Crippen molar-refractivity contribution < 1.29 is 18.3 Å². The summed E-state index contributed by atoms with van der Waals surface area (Å²) in [5.41, 5.74) is 3.28. The average Bonchev–Trinajstić information content (AvgIpc) is 3.08. The molecule has 0 aliphatic rings. The van der Waals surface area contributed by atoms with Crippen molar-refractivity contribution in [3.63, 3.8) is 0 Å². The number of para-hydroxylation sites is 1. The van der Waals surface area contributed by atoms with Crippen LogP contribution >= 0.6 is 11.8 Å². The smallest absolute Gasteiger partial charge is 0.264 e. The molecule has 3 rings (SSSR count). The van der Waals surface area contributed by atoms with E-state index in [1.165, 1.54) is 6.21 Å². The molecule has 0 unspecified atom stereocenters.